The third kappa shape index (κ3) is 0.530. The van der Waals surface area contributed by atoms with Crippen molar-refractivity contribution >= 4 is 11.9 Å². The molecule has 14 heavy (non-hydrogen) atoms. The Morgan fingerprint density at radius 2 is 1.50 bits per heavy atom. The van der Waals surface area contributed by atoms with Gasteiger partial charge in [0.15, 0.2) is 0 Å². The average Bonchev–Trinajstić information content (AvgIpc) is 2.56. The molecule has 76 valence electrons. The fraction of sp³-hybridized carbons (Fsp3) is 0.778. The zero-order valence-electron chi connectivity index (χ0n) is 7.40. The van der Waals surface area contributed by atoms with Gasteiger partial charge in [-0.25, -0.2) is 0 Å². The van der Waals surface area contributed by atoms with Crippen molar-refractivity contribution in [3.05, 3.63) is 0 Å². The highest BCUT2D eigenvalue weighted by Crippen LogP contribution is 2.77. The number of carbonyl (C=O) groups is 2. The quantitative estimate of drug-likeness (QED) is 0.657. The fourth-order valence-electron chi connectivity index (χ4n) is 3.37. The molecule has 2 N–H and O–H groups in total. The molecule has 3 fully saturated rings. The molecule has 4 unspecified atom stereocenters. The maximum atomic E-state index is 11.1. The molecule has 0 aromatic carbocycles. The summed E-state index contributed by atoms with van der Waals surface area (Å²) < 4.78 is 5.40. The summed E-state index contributed by atoms with van der Waals surface area (Å²) in [5.74, 6) is -2.01. The first-order chi connectivity index (χ1) is 6.55. The number of carboxylic acid groups (broad SMARTS) is 2. The summed E-state index contributed by atoms with van der Waals surface area (Å²) in [5.41, 5.74) is -2.22. The molecule has 2 saturated heterocycles. The van der Waals surface area contributed by atoms with Gasteiger partial charge >= 0.3 is 11.9 Å². The second-order valence-corrected chi connectivity index (χ2v) is 4.42. The van der Waals surface area contributed by atoms with Crippen LogP contribution in [0.25, 0.3) is 0 Å². The molecule has 2 bridgehead atoms. The molecular formula is C9H10O5. The van der Waals surface area contributed by atoms with E-state index in [9.17, 15) is 9.59 Å². The van der Waals surface area contributed by atoms with Gasteiger partial charge in [-0.3, -0.25) is 9.59 Å². The van der Waals surface area contributed by atoms with E-state index in [2.05, 4.69) is 0 Å². The van der Waals surface area contributed by atoms with Gasteiger partial charge in [0.05, 0.1) is 12.2 Å². The van der Waals surface area contributed by atoms with Gasteiger partial charge < -0.3 is 14.9 Å². The Morgan fingerprint density at radius 3 is 1.86 bits per heavy atom. The SMILES string of the molecule is O=C(O)C12CC1(C(=O)O)C1CCC2O1. The van der Waals surface area contributed by atoms with Crippen LogP contribution in [0.2, 0.25) is 0 Å². The van der Waals surface area contributed by atoms with Crippen LogP contribution in [0.5, 0.6) is 0 Å². The Kier molecular flexibility index (Phi) is 1.15. The lowest BCUT2D eigenvalue weighted by Gasteiger charge is -2.19. The Morgan fingerprint density at radius 1 is 1.07 bits per heavy atom. The highest BCUT2D eigenvalue weighted by molar-refractivity contribution is 5.95. The standard InChI is InChI=1S/C9H10O5/c10-6(11)8-3-9(8,7(12)13)5-2-1-4(8)14-5/h4-5H,1-3H2,(H,10,11)(H,12,13). The monoisotopic (exact) mass is 198 g/mol. The minimum atomic E-state index is -1.11. The molecule has 0 aromatic rings. The van der Waals surface area contributed by atoms with Gasteiger partial charge in [-0.05, 0) is 19.3 Å². The zero-order valence-corrected chi connectivity index (χ0v) is 7.40. The van der Waals surface area contributed by atoms with Crippen LogP contribution in [-0.4, -0.2) is 34.4 Å². The van der Waals surface area contributed by atoms with E-state index in [-0.39, 0.29) is 18.6 Å². The summed E-state index contributed by atoms with van der Waals surface area (Å²) >= 11 is 0. The van der Waals surface area contributed by atoms with Gasteiger partial charge in [0.1, 0.15) is 10.8 Å². The van der Waals surface area contributed by atoms with E-state index < -0.39 is 22.8 Å². The number of aliphatic carboxylic acids is 2. The van der Waals surface area contributed by atoms with Crippen LogP contribution in [0.15, 0.2) is 0 Å². The van der Waals surface area contributed by atoms with Crippen LogP contribution in [0, 0.1) is 10.8 Å². The van der Waals surface area contributed by atoms with Crippen molar-refractivity contribution in [2.45, 2.75) is 31.5 Å². The first-order valence-corrected chi connectivity index (χ1v) is 4.68. The van der Waals surface area contributed by atoms with Crippen molar-refractivity contribution in [2.75, 3.05) is 0 Å². The minimum absolute atomic E-state index is 0.250. The number of fused-ring (bicyclic) bond motifs is 5. The highest BCUT2D eigenvalue weighted by atomic mass is 16.5. The predicted molar refractivity (Wildman–Crippen MR) is 42.6 cm³/mol. The van der Waals surface area contributed by atoms with Crippen molar-refractivity contribution in [1.82, 2.24) is 0 Å². The van der Waals surface area contributed by atoms with Crippen molar-refractivity contribution in [1.29, 1.82) is 0 Å². The fourth-order valence-corrected chi connectivity index (χ4v) is 3.37. The highest BCUT2D eigenvalue weighted by Gasteiger charge is 2.89. The summed E-state index contributed by atoms with van der Waals surface area (Å²) in [7, 11) is 0. The molecule has 5 nitrogen and oxygen atoms in total. The van der Waals surface area contributed by atoms with Crippen LogP contribution in [0.4, 0.5) is 0 Å². The van der Waals surface area contributed by atoms with Gasteiger partial charge in [0, 0.05) is 0 Å². The van der Waals surface area contributed by atoms with Crippen LogP contribution in [-0.2, 0) is 14.3 Å². The second kappa shape index (κ2) is 1.95. The summed E-state index contributed by atoms with van der Waals surface area (Å²) in [5, 5.41) is 18.2. The van der Waals surface area contributed by atoms with Crippen molar-refractivity contribution in [2.24, 2.45) is 10.8 Å². The molecule has 3 rings (SSSR count). The van der Waals surface area contributed by atoms with Gasteiger partial charge in [-0.2, -0.15) is 0 Å². The number of hydrogen-bond donors (Lipinski definition) is 2. The van der Waals surface area contributed by atoms with Crippen LogP contribution in [0.1, 0.15) is 19.3 Å². The maximum Gasteiger partial charge on any atom is 0.313 e. The Labute approximate surface area is 79.7 Å². The van der Waals surface area contributed by atoms with E-state index in [1.54, 1.807) is 0 Å². The number of rotatable bonds is 2. The van der Waals surface area contributed by atoms with Gasteiger partial charge in [-0.1, -0.05) is 0 Å². The lowest BCUT2D eigenvalue weighted by atomic mass is 9.79. The molecule has 0 radical (unpaired) electrons. The van der Waals surface area contributed by atoms with Crippen molar-refractivity contribution in [3.8, 4) is 0 Å². The van der Waals surface area contributed by atoms with Crippen molar-refractivity contribution < 1.29 is 24.5 Å². The van der Waals surface area contributed by atoms with E-state index >= 15 is 0 Å². The molecule has 4 atom stereocenters. The molecular weight excluding hydrogens is 188 g/mol. The van der Waals surface area contributed by atoms with Gasteiger partial charge in [0.25, 0.3) is 0 Å². The molecule has 0 amide bonds. The Hall–Kier alpha value is -1.10. The molecule has 1 saturated carbocycles. The van der Waals surface area contributed by atoms with E-state index in [4.69, 9.17) is 14.9 Å². The number of ether oxygens (including phenoxy) is 1. The number of hydrogen-bond acceptors (Lipinski definition) is 3. The first-order valence-electron chi connectivity index (χ1n) is 4.68. The topological polar surface area (TPSA) is 83.8 Å². The van der Waals surface area contributed by atoms with Crippen LogP contribution in [0.3, 0.4) is 0 Å². The minimum Gasteiger partial charge on any atom is -0.481 e. The zero-order chi connectivity index (χ0) is 10.1. The molecule has 2 aliphatic heterocycles. The first kappa shape index (κ1) is 8.23. The third-order valence-corrected chi connectivity index (χ3v) is 4.11. The molecule has 3 aliphatic rings. The van der Waals surface area contributed by atoms with Crippen molar-refractivity contribution in [3.63, 3.8) is 0 Å². The van der Waals surface area contributed by atoms with Gasteiger partial charge in [-0.15, -0.1) is 0 Å². The van der Waals surface area contributed by atoms with E-state index in [1.807, 2.05) is 0 Å². The molecule has 0 spiro atoms. The van der Waals surface area contributed by atoms with Crippen LogP contribution >= 0.6 is 0 Å². The molecule has 1 aliphatic carbocycles. The third-order valence-electron chi connectivity index (χ3n) is 4.11. The summed E-state index contributed by atoms with van der Waals surface area (Å²) in [6, 6.07) is 0. The maximum absolute atomic E-state index is 11.1. The summed E-state index contributed by atoms with van der Waals surface area (Å²) in [4.78, 5) is 22.2. The molecule has 5 heteroatoms. The lowest BCUT2D eigenvalue weighted by molar-refractivity contribution is -0.154. The normalized spacial score (nSPS) is 52.9. The lowest BCUT2D eigenvalue weighted by Crippen LogP contribution is -2.38. The Bertz CT molecular complexity index is 319. The van der Waals surface area contributed by atoms with Gasteiger partial charge in [0.2, 0.25) is 0 Å². The summed E-state index contributed by atoms with van der Waals surface area (Å²) in [6.07, 6.45) is 0.875. The Balaban J connectivity index is 2.10. The second-order valence-electron chi connectivity index (χ2n) is 4.42. The van der Waals surface area contributed by atoms with E-state index in [0.717, 1.165) is 0 Å². The predicted octanol–water partition coefficient (Wildman–Crippen LogP) is 0.0933. The average molecular weight is 198 g/mol. The van der Waals surface area contributed by atoms with E-state index in [1.165, 1.54) is 0 Å². The van der Waals surface area contributed by atoms with E-state index in [0.29, 0.717) is 12.8 Å². The van der Waals surface area contributed by atoms with Crippen LogP contribution < -0.4 is 0 Å². The largest absolute Gasteiger partial charge is 0.481 e. The number of carboxylic acids is 2. The molecule has 0 aromatic heterocycles. The summed E-state index contributed by atoms with van der Waals surface area (Å²) in [6.45, 7) is 0. The smallest absolute Gasteiger partial charge is 0.313 e. The molecule has 2 heterocycles.